The Hall–Kier alpha value is -3.50. The average Bonchev–Trinajstić information content (AvgIpc) is 3.34. The highest BCUT2D eigenvalue weighted by molar-refractivity contribution is 7.15. The lowest BCUT2D eigenvalue weighted by molar-refractivity contribution is 0.171. The number of nitriles is 1. The van der Waals surface area contributed by atoms with Crippen molar-refractivity contribution in [3.63, 3.8) is 0 Å². The number of hydrogen-bond donors (Lipinski definition) is 0. The first-order valence-electron chi connectivity index (χ1n) is 9.19. The van der Waals surface area contributed by atoms with Crippen molar-refractivity contribution < 1.29 is 14.2 Å². The summed E-state index contributed by atoms with van der Waals surface area (Å²) in [7, 11) is 1.64. The van der Waals surface area contributed by atoms with Gasteiger partial charge in [0.25, 0.3) is 0 Å². The molecule has 1 aliphatic heterocycles. The Labute approximate surface area is 171 Å². The van der Waals surface area contributed by atoms with Crippen LogP contribution in [0.25, 0.3) is 27.5 Å². The third-order valence-electron chi connectivity index (χ3n) is 4.91. The van der Waals surface area contributed by atoms with Crippen LogP contribution >= 0.6 is 11.3 Å². The molecule has 144 valence electrons. The van der Waals surface area contributed by atoms with E-state index in [2.05, 4.69) is 15.8 Å². The molecule has 0 saturated heterocycles. The molecule has 0 unspecified atom stereocenters. The lowest BCUT2D eigenvalue weighted by Gasteiger charge is -2.18. The maximum Gasteiger partial charge on any atom is 0.195 e. The van der Waals surface area contributed by atoms with Crippen molar-refractivity contribution in [2.75, 3.05) is 20.3 Å². The highest BCUT2D eigenvalue weighted by Gasteiger charge is 2.22. The van der Waals surface area contributed by atoms with Crippen molar-refractivity contribution in [3.05, 3.63) is 53.5 Å². The Morgan fingerprint density at radius 3 is 2.83 bits per heavy atom. The van der Waals surface area contributed by atoms with Crippen molar-refractivity contribution in [1.82, 2.24) is 9.38 Å². The van der Waals surface area contributed by atoms with E-state index in [-0.39, 0.29) is 6.42 Å². The summed E-state index contributed by atoms with van der Waals surface area (Å²) < 4.78 is 19.0. The van der Waals surface area contributed by atoms with Crippen LogP contribution in [0.1, 0.15) is 5.69 Å². The summed E-state index contributed by atoms with van der Waals surface area (Å²) >= 11 is 1.54. The van der Waals surface area contributed by atoms with Crippen LogP contribution in [0.2, 0.25) is 0 Å². The first-order valence-corrected chi connectivity index (χ1v) is 10.1. The zero-order valence-corrected chi connectivity index (χ0v) is 16.5. The van der Waals surface area contributed by atoms with Crippen LogP contribution in [0.3, 0.4) is 0 Å². The fourth-order valence-corrected chi connectivity index (χ4v) is 4.53. The van der Waals surface area contributed by atoms with Crippen LogP contribution in [0.4, 0.5) is 0 Å². The quantitative estimate of drug-likeness (QED) is 0.499. The van der Waals surface area contributed by atoms with Crippen molar-refractivity contribution in [3.8, 4) is 45.8 Å². The molecule has 2 aromatic carbocycles. The SMILES string of the molecule is COc1ccccc1-c1nc2scc(-c3ccc4c(c3)OCCO4)n2c1CC#N. The molecule has 4 aromatic rings. The van der Waals surface area contributed by atoms with Crippen molar-refractivity contribution in [1.29, 1.82) is 5.26 Å². The molecule has 5 rings (SSSR count). The molecule has 0 spiro atoms. The van der Waals surface area contributed by atoms with Crippen LogP contribution in [0.5, 0.6) is 17.2 Å². The van der Waals surface area contributed by atoms with E-state index in [1.165, 1.54) is 0 Å². The Morgan fingerprint density at radius 2 is 2.00 bits per heavy atom. The Balaban J connectivity index is 1.71. The second kappa shape index (κ2) is 7.15. The van der Waals surface area contributed by atoms with Gasteiger partial charge < -0.3 is 14.2 Å². The summed E-state index contributed by atoms with van der Waals surface area (Å²) in [6, 6.07) is 15.9. The van der Waals surface area contributed by atoms with Gasteiger partial charge in [-0.3, -0.25) is 4.40 Å². The van der Waals surface area contributed by atoms with Gasteiger partial charge in [-0.1, -0.05) is 12.1 Å². The monoisotopic (exact) mass is 403 g/mol. The third-order valence-corrected chi connectivity index (χ3v) is 5.73. The number of hydrogen-bond acceptors (Lipinski definition) is 6. The molecule has 0 radical (unpaired) electrons. The second-order valence-electron chi connectivity index (χ2n) is 6.54. The normalized spacial score (nSPS) is 12.7. The van der Waals surface area contributed by atoms with Gasteiger partial charge in [0, 0.05) is 16.5 Å². The van der Waals surface area contributed by atoms with E-state index in [0.717, 1.165) is 50.4 Å². The molecular weight excluding hydrogens is 386 g/mol. The van der Waals surface area contributed by atoms with Crippen molar-refractivity contribution in [2.24, 2.45) is 0 Å². The average molecular weight is 403 g/mol. The van der Waals surface area contributed by atoms with E-state index in [0.29, 0.717) is 13.2 Å². The predicted molar refractivity (Wildman–Crippen MR) is 111 cm³/mol. The van der Waals surface area contributed by atoms with Crippen LogP contribution < -0.4 is 14.2 Å². The molecule has 29 heavy (non-hydrogen) atoms. The number of aromatic nitrogens is 2. The third kappa shape index (κ3) is 2.89. The molecule has 1 aliphatic rings. The number of imidazole rings is 1. The second-order valence-corrected chi connectivity index (χ2v) is 7.38. The standard InChI is InChI=1S/C22H17N3O3S/c1-26-18-5-3-2-4-15(18)21-16(8-9-23)25-17(13-29-22(25)24-21)14-6-7-19-20(12-14)28-11-10-27-19/h2-7,12-13H,8,10-11H2,1H3. The van der Waals surface area contributed by atoms with Gasteiger partial charge in [-0.25, -0.2) is 4.98 Å². The van der Waals surface area contributed by atoms with Crippen molar-refractivity contribution in [2.45, 2.75) is 6.42 Å². The van der Waals surface area contributed by atoms with Crippen LogP contribution in [-0.2, 0) is 6.42 Å². The minimum Gasteiger partial charge on any atom is -0.496 e. The van der Waals surface area contributed by atoms with Gasteiger partial charge in [-0.15, -0.1) is 11.3 Å². The summed E-state index contributed by atoms with van der Waals surface area (Å²) in [5.74, 6) is 2.22. The molecular formula is C22H17N3O3S. The number of rotatable bonds is 4. The smallest absolute Gasteiger partial charge is 0.195 e. The molecule has 2 aromatic heterocycles. The van der Waals surface area contributed by atoms with Gasteiger partial charge in [0.1, 0.15) is 19.0 Å². The van der Waals surface area contributed by atoms with E-state index in [4.69, 9.17) is 19.2 Å². The van der Waals surface area contributed by atoms with Gasteiger partial charge in [0.05, 0.1) is 36.7 Å². The maximum absolute atomic E-state index is 9.50. The molecule has 0 aliphatic carbocycles. The van der Waals surface area contributed by atoms with Gasteiger partial charge in [-0.2, -0.15) is 5.26 Å². The molecule has 0 bridgehead atoms. The van der Waals surface area contributed by atoms with E-state index in [1.54, 1.807) is 18.4 Å². The number of benzene rings is 2. The fourth-order valence-electron chi connectivity index (χ4n) is 3.61. The van der Waals surface area contributed by atoms with Crippen LogP contribution in [0.15, 0.2) is 47.8 Å². The maximum atomic E-state index is 9.50. The van der Waals surface area contributed by atoms with Gasteiger partial charge >= 0.3 is 0 Å². The van der Waals surface area contributed by atoms with Gasteiger partial charge in [0.15, 0.2) is 16.5 Å². The number of para-hydroxylation sites is 1. The largest absolute Gasteiger partial charge is 0.496 e. The number of thiazole rings is 1. The van der Waals surface area contributed by atoms with Gasteiger partial charge in [-0.05, 0) is 30.3 Å². The van der Waals surface area contributed by atoms with E-state index in [9.17, 15) is 5.26 Å². The Bertz CT molecular complexity index is 1250. The summed E-state index contributed by atoms with van der Waals surface area (Å²) in [5.41, 5.74) is 4.46. The molecule has 0 amide bonds. The van der Waals surface area contributed by atoms with Gasteiger partial charge in [0.2, 0.25) is 0 Å². The topological polar surface area (TPSA) is 68.8 Å². The van der Waals surface area contributed by atoms with Crippen LogP contribution in [0, 0.1) is 11.3 Å². The molecule has 7 heteroatoms. The summed E-state index contributed by atoms with van der Waals surface area (Å²) in [4.78, 5) is 5.67. The number of ether oxygens (including phenoxy) is 3. The lowest BCUT2D eigenvalue weighted by atomic mass is 10.1. The molecule has 0 saturated carbocycles. The number of fused-ring (bicyclic) bond motifs is 2. The summed E-state index contributed by atoms with van der Waals surface area (Å²) in [5, 5.41) is 11.6. The minimum atomic E-state index is 0.239. The summed E-state index contributed by atoms with van der Waals surface area (Å²) in [6.45, 7) is 1.10. The molecule has 0 N–H and O–H groups in total. The van der Waals surface area contributed by atoms with E-state index >= 15 is 0 Å². The Kier molecular flexibility index (Phi) is 4.34. The molecule has 3 heterocycles. The lowest BCUT2D eigenvalue weighted by Crippen LogP contribution is -2.15. The highest BCUT2D eigenvalue weighted by Crippen LogP contribution is 2.39. The predicted octanol–water partition coefficient (Wildman–Crippen LogP) is 4.58. The van der Waals surface area contributed by atoms with Crippen molar-refractivity contribution >= 4 is 16.3 Å². The number of methoxy groups -OCH3 is 1. The minimum absolute atomic E-state index is 0.239. The molecule has 6 nitrogen and oxygen atoms in total. The molecule has 0 atom stereocenters. The first kappa shape index (κ1) is 17.6. The van der Waals surface area contributed by atoms with Crippen LogP contribution in [-0.4, -0.2) is 29.7 Å². The summed E-state index contributed by atoms with van der Waals surface area (Å²) in [6.07, 6.45) is 0.239. The number of nitrogens with zero attached hydrogens (tertiary/aromatic N) is 3. The van der Waals surface area contributed by atoms with E-state index < -0.39 is 0 Å². The Morgan fingerprint density at radius 1 is 1.17 bits per heavy atom. The zero-order valence-electron chi connectivity index (χ0n) is 15.7. The zero-order chi connectivity index (χ0) is 19.8. The first-order chi connectivity index (χ1) is 14.3. The fraction of sp³-hybridized carbons (Fsp3) is 0.182. The molecule has 0 fully saturated rings. The van der Waals surface area contributed by atoms with E-state index in [1.807, 2.05) is 42.5 Å². The highest BCUT2D eigenvalue weighted by atomic mass is 32.1.